The maximum absolute atomic E-state index is 13.8. The Balaban J connectivity index is 1.94. The molecule has 2 heterocycles. The Labute approximate surface area is 193 Å². The van der Waals surface area contributed by atoms with Crippen molar-refractivity contribution in [1.82, 2.24) is 9.55 Å². The minimum absolute atomic E-state index is 0.0846. The van der Waals surface area contributed by atoms with Crippen LogP contribution in [0, 0.1) is 17.4 Å². The molecule has 4 nitrogen and oxygen atoms in total. The fourth-order valence-corrected chi connectivity index (χ4v) is 4.36. The Bertz CT molecular complexity index is 1580. The average Bonchev–Trinajstić information content (AvgIpc) is 3.01. The standard InChI is InChI=1S/C26H20IN3O/c1-16-7-12-20(13-8-16)30-24(14-10-18-9-11-19(27)15-22(18)26(30)31)29-25-17(2)28-23-6-4-3-5-21(23)25/h3-15,28H,1-2H3. The molecule has 0 aliphatic heterocycles. The smallest absolute Gasteiger partial charge is 0.264 e. The number of para-hydroxylation sites is 1. The van der Waals surface area contributed by atoms with Crippen LogP contribution in [-0.4, -0.2) is 9.55 Å². The van der Waals surface area contributed by atoms with Crippen molar-refractivity contribution in [3.8, 4) is 5.69 Å². The second kappa shape index (κ2) is 7.81. The molecule has 0 unspecified atom stereocenters. The van der Waals surface area contributed by atoms with Gasteiger partial charge < -0.3 is 4.98 Å². The third-order valence-electron chi connectivity index (χ3n) is 5.47. The van der Waals surface area contributed by atoms with E-state index < -0.39 is 0 Å². The molecule has 0 radical (unpaired) electrons. The third-order valence-corrected chi connectivity index (χ3v) is 6.14. The van der Waals surface area contributed by atoms with Gasteiger partial charge in [-0.2, -0.15) is 0 Å². The van der Waals surface area contributed by atoms with Crippen molar-refractivity contribution in [3.05, 3.63) is 110 Å². The molecule has 0 saturated carbocycles. The summed E-state index contributed by atoms with van der Waals surface area (Å²) in [6.45, 7) is 4.05. The highest BCUT2D eigenvalue weighted by molar-refractivity contribution is 14.1. The minimum Gasteiger partial charge on any atom is -0.357 e. The number of benzene rings is 3. The van der Waals surface area contributed by atoms with Crippen LogP contribution in [0.5, 0.6) is 0 Å². The van der Waals surface area contributed by atoms with E-state index in [1.165, 1.54) is 0 Å². The predicted molar refractivity (Wildman–Crippen MR) is 135 cm³/mol. The highest BCUT2D eigenvalue weighted by Gasteiger charge is 2.10. The van der Waals surface area contributed by atoms with Crippen LogP contribution in [-0.2, 0) is 0 Å². The van der Waals surface area contributed by atoms with Crippen LogP contribution in [0.15, 0.2) is 88.6 Å². The van der Waals surface area contributed by atoms with Crippen molar-refractivity contribution in [2.45, 2.75) is 13.8 Å². The van der Waals surface area contributed by atoms with Crippen LogP contribution < -0.4 is 11.0 Å². The highest BCUT2D eigenvalue weighted by atomic mass is 127. The number of rotatable bonds is 2. The van der Waals surface area contributed by atoms with Crippen LogP contribution in [0.25, 0.3) is 27.4 Å². The first-order valence-electron chi connectivity index (χ1n) is 10.1. The zero-order valence-electron chi connectivity index (χ0n) is 17.2. The van der Waals surface area contributed by atoms with Crippen LogP contribution in [0.4, 0.5) is 5.69 Å². The molecule has 0 spiro atoms. The fraction of sp³-hybridized carbons (Fsp3) is 0.0769. The third kappa shape index (κ3) is 3.59. The minimum atomic E-state index is -0.0846. The zero-order chi connectivity index (χ0) is 21.5. The van der Waals surface area contributed by atoms with E-state index in [0.717, 1.165) is 42.5 Å². The highest BCUT2D eigenvalue weighted by Crippen LogP contribution is 2.29. The molecule has 0 aliphatic rings. The summed E-state index contributed by atoms with van der Waals surface area (Å²) in [5.41, 5.74) is 5.29. The van der Waals surface area contributed by atoms with Crippen molar-refractivity contribution in [3.63, 3.8) is 0 Å². The summed E-state index contributed by atoms with van der Waals surface area (Å²) in [7, 11) is 0. The molecule has 1 N–H and O–H groups in total. The summed E-state index contributed by atoms with van der Waals surface area (Å²) in [5.74, 6) is 0. The van der Waals surface area contributed by atoms with Crippen molar-refractivity contribution < 1.29 is 0 Å². The largest absolute Gasteiger partial charge is 0.357 e. The van der Waals surface area contributed by atoms with Gasteiger partial charge in [0.1, 0.15) is 5.49 Å². The van der Waals surface area contributed by atoms with E-state index in [9.17, 15) is 4.79 Å². The number of hydrogen-bond acceptors (Lipinski definition) is 2. The van der Waals surface area contributed by atoms with Gasteiger partial charge in [0.05, 0.1) is 11.4 Å². The van der Waals surface area contributed by atoms with E-state index in [-0.39, 0.29) is 5.56 Å². The number of fused-ring (bicyclic) bond motifs is 2. The van der Waals surface area contributed by atoms with Gasteiger partial charge in [0.15, 0.2) is 0 Å². The zero-order valence-corrected chi connectivity index (χ0v) is 19.3. The monoisotopic (exact) mass is 517 g/mol. The van der Waals surface area contributed by atoms with Gasteiger partial charge in [-0.1, -0.05) is 48.0 Å². The average molecular weight is 517 g/mol. The second-order valence-corrected chi connectivity index (χ2v) is 8.90. The molecule has 0 atom stereocenters. The van der Waals surface area contributed by atoms with Gasteiger partial charge in [-0.3, -0.25) is 9.36 Å². The first-order chi connectivity index (χ1) is 15.0. The van der Waals surface area contributed by atoms with Gasteiger partial charge in [-0.15, -0.1) is 0 Å². The van der Waals surface area contributed by atoms with Gasteiger partial charge in [0.25, 0.3) is 5.56 Å². The molecular weight excluding hydrogens is 497 g/mol. The van der Waals surface area contributed by atoms with Gasteiger partial charge >= 0.3 is 0 Å². The molecule has 0 bridgehead atoms. The van der Waals surface area contributed by atoms with Gasteiger partial charge in [-0.05, 0) is 78.2 Å². The number of aromatic nitrogens is 2. The van der Waals surface area contributed by atoms with Gasteiger partial charge in [-0.25, -0.2) is 4.99 Å². The molecule has 3 aromatic carbocycles. The molecule has 152 valence electrons. The number of hydrogen-bond donors (Lipinski definition) is 1. The van der Waals surface area contributed by atoms with E-state index in [1.807, 2.05) is 92.7 Å². The topological polar surface area (TPSA) is 50.1 Å². The molecule has 5 rings (SSSR count). The van der Waals surface area contributed by atoms with Crippen molar-refractivity contribution in [2.24, 2.45) is 4.99 Å². The normalized spacial score (nSPS) is 12.0. The number of aromatic amines is 1. The molecular formula is C26H20IN3O. The van der Waals surface area contributed by atoms with Crippen molar-refractivity contribution in [2.75, 3.05) is 0 Å². The number of aryl methyl sites for hydroxylation is 2. The van der Waals surface area contributed by atoms with E-state index in [4.69, 9.17) is 4.99 Å². The lowest BCUT2D eigenvalue weighted by Gasteiger charge is -2.06. The Hall–Kier alpha value is -3.19. The maximum atomic E-state index is 13.8. The van der Waals surface area contributed by atoms with Crippen LogP contribution in [0.2, 0.25) is 0 Å². The van der Waals surface area contributed by atoms with E-state index in [2.05, 4.69) is 27.6 Å². The number of nitrogens with zero attached hydrogens (tertiary/aromatic N) is 2. The summed E-state index contributed by atoms with van der Waals surface area (Å²) >= 11 is 2.24. The SMILES string of the molecule is Cc1ccc(-n2c(=Nc3c(C)[nH]c4ccccc34)ccc3ccc(I)cc3c2=O)cc1. The molecule has 0 saturated heterocycles. The van der Waals surface area contributed by atoms with Crippen LogP contribution in [0.3, 0.4) is 0 Å². The summed E-state index contributed by atoms with van der Waals surface area (Å²) < 4.78 is 2.73. The van der Waals surface area contributed by atoms with Crippen LogP contribution >= 0.6 is 22.6 Å². The molecule has 5 aromatic rings. The summed E-state index contributed by atoms with van der Waals surface area (Å²) in [4.78, 5) is 22.2. The number of halogens is 1. The molecule has 31 heavy (non-hydrogen) atoms. The summed E-state index contributed by atoms with van der Waals surface area (Å²) in [6, 6.07) is 25.9. The molecule has 5 heteroatoms. The van der Waals surface area contributed by atoms with E-state index >= 15 is 0 Å². The summed E-state index contributed by atoms with van der Waals surface area (Å²) in [5, 5.41) is 2.60. The van der Waals surface area contributed by atoms with Crippen molar-refractivity contribution in [1.29, 1.82) is 0 Å². The van der Waals surface area contributed by atoms with E-state index in [1.54, 1.807) is 4.57 Å². The molecule has 0 aliphatic carbocycles. The Morgan fingerprint density at radius 3 is 2.42 bits per heavy atom. The Morgan fingerprint density at radius 1 is 0.871 bits per heavy atom. The van der Waals surface area contributed by atoms with E-state index in [0.29, 0.717) is 10.9 Å². The first-order valence-corrected chi connectivity index (χ1v) is 11.1. The number of H-pyrrole nitrogens is 1. The molecule has 2 aromatic heterocycles. The molecule has 0 amide bonds. The van der Waals surface area contributed by atoms with Crippen molar-refractivity contribution >= 4 is 50.0 Å². The predicted octanol–water partition coefficient (Wildman–Crippen LogP) is 5.93. The lowest BCUT2D eigenvalue weighted by molar-refractivity contribution is 0.930. The van der Waals surface area contributed by atoms with Crippen LogP contribution in [0.1, 0.15) is 11.3 Å². The fourth-order valence-electron chi connectivity index (χ4n) is 3.87. The lowest BCUT2D eigenvalue weighted by Crippen LogP contribution is -2.28. The second-order valence-electron chi connectivity index (χ2n) is 7.66. The van der Waals surface area contributed by atoms with Gasteiger partial charge in [0.2, 0.25) is 0 Å². The summed E-state index contributed by atoms with van der Waals surface area (Å²) in [6.07, 6.45) is 0. The Kier molecular flexibility index (Phi) is 4.98. The quantitative estimate of drug-likeness (QED) is 0.290. The lowest BCUT2D eigenvalue weighted by atomic mass is 10.2. The maximum Gasteiger partial charge on any atom is 0.264 e. The Morgan fingerprint density at radius 2 is 1.61 bits per heavy atom. The molecule has 0 fully saturated rings. The number of nitrogens with one attached hydrogen (secondary N) is 1. The first kappa shape index (κ1) is 19.8. The van der Waals surface area contributed by atoms with Gasteiger partial charge in [0, 0.05) is 25.6 Å².